The second-order valence-corrected chi connectivity index (χ2v) is 7.93. The van der Waals surface area contributed by atoms with Crippen LogP contribution in [0.3, 0.4) is 0 Å². The Morgan fingerprint density at radius 3 is 2.71 bits per heavy atom. The number of benzene rings is 2. The lowest BCUT2D eigenvalue weighted by molar-refractivity contribution is -0.131. The molecular formula is C22H27BrN2O3. The van der Waals surface area contributed by atoms with Crippen molar-refractivity contribution in [1.82, 2.24) is 9.80 Å². The van der Waals surface area contributed by atoms with Gasteiger partial charge in [0.15, 0.2) is 0 Å². The van der Waals surface area contributed by atoms with Crippen molar-refractivity contribution in [1.29, 1.82) is 0 Å². The van der Waals surface area contributed by atoms with Crippen molar-refractivity contribution < 1.29 is 14.3 Å². The van der Waals surface area contributed by atoms with Gasteiger partial charge in [-0.25, -0.2) is 0 Å². The third-order valence-corrected chi connectivity index (χ3v) is 6.06. The third-order valence-electron chi connectivity index (χ3n) is 5.29. The number of likely N-dealkylation sites (tertiary alicyclic amines) is 1. The first kappa shape index (κ1) is 20.7. The number of carbonyl (C=O) groups is 1. The molecule has 1 aliphatic heterocycles. The van der Waals surface area contributed by atoms with E-state index in [1.807, 2.05) is 49.5 Å². The minimum absolute atomic E-state index is 0.115. The van der Waals surface area contributed by atoms with Crippen LogP contribution in [0.4, 0.5) is 0 Å². The van der Waals surface area contributed by atoms with Crippen LogP contribution in [0.15, 0.2) is 46.9 Å². The normalized spacial score (nSPS) is 16.8. The predicted octanol–water partition coefficient (Wildman–Crippen LogP) is 4.26. The van der Waals surface area contributed by atoms with Crippen LogP contribution in [0.1, 0.15) is 30.0 Å². The van der Waals surface area contributed by atoms with E-state index in [0.29, 0.717) is 13.1 Å². The van der Waals surface area contributed by atoms with Gasteiger partial charge in [-0.3, -0.25) is 9.69 Å². The molecule has 0 unspecified atom stereocenters. The summed E-state index contributed by atoms with van der Waals surface area (Å²) in [6.45, 7) is 1.88. The van der Waals surface area contributed by atoms with E-state index in [9.17, 15) is 4.79 Å². The first-order chi connectivity index (χ1) is 13.5. The van der Waals surface area contributed by atoms with E-state index in [-0.39, 0.29) is 11.9 Å². The van der Waals surface area contributed by atoms with Crippen LogP contribution in [0, 0.1) is 0 Å². The zero-order valence-electron chi connectivity index (χ0n) is 16.7. The molecule has 1 saturated heterocycles. The van der Waals surface area contributed by atoms with Crippen LogP contribution in [-0.2, 0) is 11.3 Å². The van der Waals surface area contributed by atoms with Crippen molar-refractivity contribution >= 4 is 21.8 Å². The van der Waals surface area contributed by atoms with Gasteiger partial charge in [0.1, 0.15) is 11.5 Å². The number of rotatable bonds is 7. The van der Waals surface area contributed by atoms with Crippen LogP contribution in [0.25, 0.3) is 0 Å². The molecule has 0 bridgehead atoms. The average molecular weight is 447 g/mol. The van der Waals surface area contributed by atoms with Gasteiger partial charge >= 0.3 is 0 Å². The highest BCUT2D eigenvalue weighted by Gasteiger charge is 2.30. The topological polar surface area (TPSA) is 42.0 Å². The first-order valence-electron chi connectivity index (χ1n) is 9.46. The van der Waals surface area contributed by atoms with Crippen LogP contribution in [0.2, 0.25) is 0 Å². The summed E-state index contributed by atoms with van der Waals surface area (Å²) >= 11 is 3.56. The van der Waals surface area contributed by atoms with E-state index >= 15 is 0 Å². The maximum atomic E-state index is 12.9. The monoisotopic (exact) mass is 446 g/mol. The van der Waals surface area contributed by atoms with E-state index < -0.39 is 0 Å². The molecule has 150 valence electrons. The summed E-state index contributed by atoms with van der Waals surface area (Å²) in [6, 6.07) is 14.0. The van der Waals surface area contributed by atoms with Gasteiger partial charge in [0, 0.05) is 29.7 Å². The fourth-order valence-electron chi connectivity index (χ4n) is 3.73. The minimum Gasteiger partial charge on any atom is -0.497 e. The summed E-state index contributed by atoms with van der Waals surface area (Å²) in [7, 11) is 5.21. The molecule has 1 heterocycles. The molecular weight excluding hydrogens is 420 g/mol. The van der Waals surface area contributed by atoms with Crippen molar-refractivity contribution in [3.05, 3.63) is 58.1 Å². The Balaban J connectivity index is 1.71. The lowest BCUT2D eigenvalue weighted by atomic mass is 10.0. The molecule has 2 aromatic carbocycles. The third kappa shape index (κ3) is 4.67. The van der Waals surface area contributed by atoms with Gasteiger partial charge < -0.3 is 14.4 Å². The lowest BCUT2D eigenvalue weighted by Crippen LogP contribution is -2.38. The van der Waals surface area contributed by atoms with Crippen molar-refractivity contribution in [2.24, 2.45) is 0 Å². The van der Waals surface area contributed by atoms with E-state index in [2.05, 4.69) is 20.8 Å². The number of ether oxygens (including phenoxy) is 2. The van der Waals surface area contributed by atoms with Gasteiger partial charge in [-0.15, -0.1) is 0 Å². The molecule has 1 fully saturated rings. The molecule has 0 radical (unpaired) electrons. The number of likely N-dealkylation sites (N-methyl/N-ethyl adjacent to an activating group) is 1. The molecule has 0 saturated carbocycles. The van der Waals surface area contributed by atoms with E-state index in [1.54, 1.807) is 19.1 Å². The average Bonchev–Trinajstić information content (AvgIpc) is 3.17. The Hall–Kier alpha value is -2.05. The Morgan fingerprint density at radius 2 is 2.00 bits per heavy atom. The number of hydrogen-bond acceptors (Lipinski definition) is 4. The van der Waals surface area contributed by atoms with Crippen molar-refractivity contribution in [2.45, 2.75) is 25.4 Å². The van der Waals surface area contributed by atoms with Crippen molar-refractivity contribution in [3.63, 3.8) is 0 Å². The summed E-state index contributed by atoms with van der Waals surface area (Å²) in [4.78, 5) is 16.9. The van der Waals surface area contributed by atoms with Crippen LogP contribution < -0.4 is 9.47 Å². The number of amides is 1. The number of hydrogen-bond donors (Lipinski definition) is 0. The maximum Gasteiger partial charge on any atom is 0.236 e. The molecule has 0 aromatic heterocycles. The van der Waals surface area contributed by atoms with Crippen molar-refractivity contribution in [3.8, 4) is 11.5 Å². The largest absolute Gasteiger partial charge is 0.497 e. The second kappa shape index (κ2) is 9.43. The molecule has 1 atom stereocenters. The Kier molecular flexibility index (Phi) is 6.97. The SMILES string of the molecule is COc1ccc(OC)c([C@H]2CCCN2CC(=O)N(C)Cc2ccccc2Br)c1. The molecule has 1 aliphatic rings. The number of nitrogens with zero attached hydrogens (tertiary/aromatic N) is 2. The molecule has 3 rings (SSSR count). The first-order valence-corrected chi connectivity index (χ1v) is 10.3. The highest BCUT2D eigenvalue weighted by molar-refractivity contribution is 9.10. The van der Waals surface area contributed by atoms with E-state index in [0.717, 1.165) is 46.5 Å². The summed E-state index contributed by atoms with van der Waals surface area (Å²) in [5, 5.41) is 0. The van der Waals surface area contributed by atoms with Gasteiger partial charge in [0.2, 0.25) is 5.91 Å². The lowest BCUT2D eigenvalue weighted by Gasteiger charge is -2.28. The molecule has 5 nitrogen and oxygen atoms in total. The minimum atomic E-state index is 0.115. The zero-order valence-corrected chi connectivity index (χ0v) is 18.2. The number of halogens is 1. The van der Waals surface area contributed by atoms with Crippen LogP contribution >= 0.6 is 15.9 Å². The fraction of sp³-hybridized carbons (Fsp3) is 0.409. The predicted molar refractivity (Wildman–Crippen MR) is 114 cm³/mol. The standard InChI is InChI=1S/C22H27BrN2O3/c1-24(14-16-7-4-5-8-19(16)23)22(26)15-25-12-6-9-20(25)18-13-17(27-2)10-11-21(18)28-3/h4-5,7-8,10-11,13,20H,6,9,12,14-15H2,1-3H3/t20-/m1/s1. The van der Waals surface area contributed by atoms with E-state index in [1.165, 1.54) is 0 Å². The summed E-state index contributed by atoms with van der Waals surface area (Å²) in [5.74, 6) is 1.76. The van der Waals surface area contributed by atoms with Gasteiger partial charge in [-0.2, -0.15) is 0 Å². The highest BCUT2D eigenvalue weighted by atomic mass is 79.9. The fourth-order valence-corrected chi connectivity index (χ4v) is 4.14. The maximum absolute atomic E-state index is 12.9. The van der Waals surface area contributed by atoms with Crippen molar-refractivity contribution in [2.75, 3.05) is 34.4 Å². The van der Waals surface area contributed by atoms with E-state index in [4.69, 9.17) is 9.47 Å². The molecule has 0 aliphatic carbocycles. The Bertz CT molecular complexity index is 827. The van der Waals surface area contributed by atoms with Crippen LogP contribution in [-0.4, -0.2) is 50.1 Å². The quantitative estimate of drug-likeness (QED) is 0.636. The Morgan fingerprint density at radius 1 is 1.21 bits per heavy atom. The summed E-state index contributed by atoms with van der Waals surface area (Å²) in [5.41, 5.74) is 2.19. The van der Waals surface area contributed by atoms with Gasteiger partial charge in [0.05, 0.1) is 20.8 Å². The van der Waals surface area contributed by atoms with Gasteiger partial charge in [0.25, 0.3) is 0 Å². The molecule has 6 heteroatoms. The number of carbonyl (C=O) groups excluding carboxylic acids is 1. The van der Waals surface area contributed by atoms with Gasteiger partial charge in [-0.1, -0.05) is 34.1 Å². The van der Waals surface area contributed by atoms with Crippen LogP contribution in [0.5, 0.6) is 11.5 Å². The highest BCUT2D eigenvalue weighted by Crippen LogP contribution is 2.38. The molecule has 1 amide bonds. The smallest absolute Gasteiger partial charge is 0.236 e. The number of methoxy groups -OCH3 is 2. The molecule has 2 aromatic rings. The molecule has 28 heavy (non-hydrogen) atoms. The summed E-state index contributed by atoms with van der Waals surface area (Å²) in [6.07, 6.45) is 2.07. The molecule has 0 spiro atoms. The Labute approximate surface area is 175 Å². The van der Waals surface area contributed by atoms with Gasteiger partial charge in [-0.05, 0) is 49.2 Å². The second-order valence-electron chi connectivity index (χ2n) is 7.08. The summed E-state index contributed by atoms with van der Waals surface area (Å²) < 4.78 is 12.0. The zero-order chi connectivity index (χ0) is 20.1. The molecule has 0 N–H and O–H groups in total.